The van der Waals surface area contributed by atoms with E-state index in [0.717, 1.165) is 62.0 Å². The maximum absolute atomic E-state index is 13.5. The molecule has 1 aliphatic heterocycles. The molecule has 5 aromatic rings. The van der Waals surface area contributed by atoms with Crippen molar-refractivity contribution in [1.82, 2.24) is 14.5 Å². The SMILES string of the molecule is CN[C@@H]1C[C@H]2C[C@@](C)([C@@H]1CO)n1c3ccccc3c3c4c(c5c6ccccc6n2c5c31)C(=O)C[C@H]4O. The van der Waals surface area contributed by atoms with Gasteiger partial charge < -0.3 is 24.7 Å². The highest BCUT2D eigenvalue weighted by Gasteiger charge is 2.51. The first-order valence-electron chi connectivity index (χ1n) is 13.0. The average molecular weight is 480 g/mol. The third kappa shape index (κ3) is 2.19. The van der Waals surface area contributed by atoms with Gasteiger partial charge in [-0.2, -0.15) is 0 Å². The number of fused-ring (bicyclic) bond motifs is 13. The number of benzene rings is 3. The maximum Gasteiger partial charge on any atom is 0.166 e. The average Bonchev–Trinajstić information content (AvgIpc) is 3.48. The van der Waals surface area contributed by atoms with Crippen molar-refractivity contribution < 1.29 is 15.0 Å². The van der Waals surface area contributed by atoms with Gasteiger partial charge in [0.2, 0.25) is 0 Å². The minimum Gasteiger partial charge on any atom is -0.396 e. The molecule has 0 unspecified atom stereocenters. The molecular weight excluding hydrogens is 450 g/mol. The molecule has 5 atom stereocenters. The Morgan fingerprint density at radius 2 is 1.72 bits per heavy atom. The van der Waals surface area contributed by atoms with Crippen LogP contribution < -0.4 is 5.32 Å². The Kier molecular flexibility index (Phi) is 3.94. The second-order valence-electron chi connectivity index (χ2n) is 11.3. The summed E-state index contributed by atoms with van der Waals surface area (Å²) in [7, 11) is 2.00. The van der Waals surface area contributed by atoms with Crippen LogP contribution in [0.2, 0.25) is 0 Å². The lowest BCUT2D eigenvalue weighted by atomic mass is 9.69. The summed E-state index contributed by atoms with van der Waals surface area (Å²) in [6.45, 7) is 2.39. The molecule has 1 saturated carbocycles. The fraction of sp³-hybridized carbons (Fsp3) is 0.367. The maximum atomic E-state index is 13.5. The standard InChI is InChI=1S/C30H29N3O3/c1-30-13-15(11-19(31-2)18(30)14-34)32-20-9-5-3-7-16(20)24-26-22(35)12-23(36)27(26)25-17-8-4-6-10-21(17)33(30)29(25)28(24)32/h3-10,15,18-19,23,31,34,36H,11-14H2,1-2H3/t15-,18+,19+,23+,30-/m0/s1. The second kappa shape index (κ2) is 6.76. The molecule has 3 aliphatic rings. The predicted octanol–water partition coefficient (Wildman–Crippen LogP) is 4.78. The molecule has 0 saturated heterocycles. The highest BCUT2D eigenvalue weighted by atomic mass is 16.3. The summed E-state index contributed by atoms with van der Waals surface area (Å²) in [6, 6.07) is 17.2. The third-order valence-corrected chi connectivity index (χ3v) is 9.69. The first-order valence-corrected chi connectivity index (χ1v) is 13.0. The van der Waals surface area contributed by atoms with E-state index in [0.29, 0.717) is 5.56 Å². The van der Waals surface area contributed by atoms with Crippen LogP contribution in [0.25, 0.3) is 43.6 Å². The molecule has 0 radical (unpaired) electrons. The molecule has 2 bridgehead atoms. The number of hydrogen-bond donors (Lipinski definition) is 3. The van der Waals surface area contributed by atoms with Crippen LogP contribution in [0.4, 0.5) is 0 Å². The topological polar surface area (TPSA) is 79.4 Å². The van der Waals surface area contributed by atoms with E-state index in [9.17, 15) is 15.0 Å². The van der Waals surface area contributed by atoms with Gasteiger partial charge in [0, 0.05) is 74.7 Å². The van der Waals surface area contributed by atoms with Gasteiger partial charge in [-0.3, -0.25) is 4.79 Å². The van der Waals surface area contributed by atoms with E-state index < -0.39 is 6.10 Å². The summed E-state index contributed by atoms with van der Waals surface area (Å²) in [5.41, 5.74) is 5.56. The first kappa shape index (κ1) is 20.9. The largest absolute Gasteiger partial charge is 0.396 e. The van der Waals surface area contributed by atoms with Crippen molar-refractivity contribution in [3.05, 3.63) is 59.7 Å². The van der Waals surface area contributed by atoms with Crippen LogP contribution in [0, 0.1) is 5.92 Å². The van der Waals surface area contributed by atoms with Gasteiger partial charge in [-0.25, -0.2) is 0 Å². The number of para-hydroxylation sites is 2. The van der Waals surface area contributed by atoms with Crippen LogP contribution in [0.5, 0.6) is 0 Å². The van der Waals surface area contributed by atoms with Gasteiger partial charge in [0.1, 0.15) is 0 Å². The number of nitrogens with zero attached hydrogens (tertiary/aromatic N) is 2. The lowest BCUT2D eigenvalue weighted by Gasteiger charge is -2.49. The van der Waals surface area contributed by atoms with E-state index >= 15 is 0 Å². The smallest absolute Gasteiger partial charge is 0.166 e. The molecule has 36 heavy (non-hydrogen) atoms. The second-order valence-corrected chi connectivity index (χ2v) is 11.3. The Bertz CT molecular complexity index is 1780. The Morgan fingerprint density at radius 1 is 1.03 bits per heavy atom. The summed E-state index contributed by atoms with van der Waals surface area (Å²) in [6.07, 6.45) is 1.11. The van der Waals surface area contributed by atoms with Crippen LogP contribution in [0.1, 0.15) is 54.3 Å². The molecule has 8 rings (SSSR count). The monoisotopic (exact) mass is 479 g/mol. The van der Waals surface area contributed by atoms with Gasteiger partial charge in [-0.05, 0) is 38.9 Å². The molecule has 2 aliphatic carbocycles. The molecule has 2 aromatic heterocycles. The van der Waals surface area contributed by atoms with E-state index in [-0.39, 0.29) is 42.4 Å². The molecule has 1 fully saturated rings. The number of nitrogens with one attached hydrogen (secondary N) is 1. The molecule has 3 aromatic carbocycles. The number of hydrogen-bond acceptors (Lipinski definition) is 4. The lowest BCUT2D eigenvalue weighted by Crippen LogP contribution is -2.55. The van der Waals surface area contributed by atoms with Crippen LogP contribution in [-0.2, 0) is 5.54 Å². The Balaban J connectivity index is 1.73. The molecule has 182 valence electrons. The van der Waals surface area contributed by atoms with Crippen molar-refractivity contribution in [2.24, 2.45) is 5.92 Å². The number of rotatable bonds is 2. The van der Waals surface area contributed by atoms with Gasteiger partial charge >= 0.3 is 0 Å². The third-order valence-electron chi connectivity index (χ3n) is 9.69. The summed E-state index contributed by atoms with van der Waals surface area (Å²) in [5, 5.41) is 29.7. The van der Waals surface area contributed by atoms with Gasteiger partial charge in [-0.1, -0.05) is 36.4 Å². The van der Waals surface area contributed by atoms with E-state index in [1.807, 2.05) is 19.2 Å². The van der Waals surface area contributed by atoms with Crippen molar-refractivity contribution in [1.29, 1.82) is 0 Å². The summed E-state index contributed by atoms with van der Waals surface area (Å²) >= 11 is 0. The van der Waals surface area contributed by atoms with E-state index in [4.69, 9.17) is 0 Å². The molecule has 3 heterocycles. The zero-order valence-electron chi connectivity index (χ0n) is 20.5. The molecule has 3 N–H and O–H groups in total. The van der Waals surface area contributed by atoms with Gasteiger partial charge in [0.15, 0.2) is 5.78 Å². The number of aliphatic hydroxyl groups excluding tert-OH is 2. The minimum atomic E-state index is -0.813. The van der Waals surface area contributed by atoms with Gasteiger partial charge in [0.25, 0.3) is 0 Å². The quantitative estimate of drug-likeness (QED) is 0.340. The summed E-state index contributed by atoms with van der Waals surface area (Å²) < 4.78 is 4.96. The number of ketones is 1. The van der Waals surface area contributed by atoms with Gasteiger partial charge in [0.05, 0.1) is 22.7 Å². The number of aromatic nitrogens is 2. The number of carbonyl (C=O) groups is 1. The molecule has 6 nitrogen and oxygen atoms in total. The van der Waals surface area contributed by atoms with Crippen molar-refractivity contribution in [2.45, 2.75) is 49.9 Å². The highest BCUT2D eigenvalue weighted by Crippen LogP contribution is 2.57. The lowest BCUT2D eigenvalue weighted by molar-refractivity contribution is 0.0276. The fourth-order valence-electron chi connectivity index (χ4n) is 8.36. The molecular formula is C30H29N3O3. The first-order chi connectivity index (χ1) is 17.5. The number of Topliss-reactive ketones (excluding diaryl/α,β-unsaturated/α-hetero) is 1. The van der Waals surface area contributed by atoms with Crippen LogP contribution >= 0.6 is 0 Å². The van der Waals surface area contributed by atoms with E-state index in [2.05, 4.69) is 57.8 Å². The van der Waals surface area contributed by atoms with E-state index in [1.165, 1.54) is 0 Å². The number of carbonyl (C=O) groups excluding carboxylic acids is 1. The molecule has 0 spiro atoms. The highest BCUT2D eigenvalue weighted by molar-refractivity contribution is 6.31. The van der Waals surface area contributed by atoms with Crippen molar-refractivity contribution in [2.75, 3.05) is 13.7 Å². The Hall–Kier alpha value is -3.19. The minimum absolute atomic E-state index is 0.0171. The molecule has 0 amide bonds. The van der Waals surface area contributed by atoms with Crippen LogP contribution in [0.15, 0.2) is 48.5 Å². The zero-order chi connectivity index (χ0) is 24.5. The van der Waals surface area contributed by atoms with Crippen molar-refractivity contribution >= 4 is 49.4 Å². The van der Waals surface area contributed by atoms with Crippen LogP contribution in [0.3, 0.4) is 0 Å². The molecule has 6 heteroatoms. The Labute approximate surface area is 208 Å². The normalized spacial score (nSPS) is 29.2. The summed E-state index contributed by atoms with van der Waals surface area (Å²) in [4.78, 5) is 13.5. The van der Waals surface area contributed by atoms with Gasteiger partial charge in [-0.15, -0.1) is 0 Å². The zero-order valence-corrected chi connectivity index (χ0v) is 20.5. The predicted molar refractivity (Wildman–Crippen MR) is 142 cm³/mol. The van der Waals surface area contributed by atoms with Crippen molar-refractivity contribution in [3.63, 3.8) is 0 Å². The van der Waals surface area contributed by atoms with E-state index in [1.54, 1.807) is 0 Å². The summed E-state index contributed by atoms with van der Waals surface area (Å²) in [5.74, 6) is 0.0439. The number of aliphatic hydroxyl groups is 2. The fourth-order valence-corrected chi connectivity index (χ4v) is 8.36. The van der Waals surface area contributed by atoms with Crippen LogP contribution in [-0.4, -0.2) is 44.8 Å². The van der Waals surface area contributed by atoms with Crippen molar-refractivity contribution in [3.8, 4) is 0 Å². The Morgan fingerprint density at radius 3 is 2.44 bits per heavy atom.